The van der Waals surface area contributed by atoms with Crippen LogP contribution in [0.2, 0.25) is 0 Å². The Balaban J connectivity index is 1.63. The van der Waals surface area contributed by atoms with E-state index in [0.717, 1.165) is 5.39 Å². The average Bonchev–Trinajstić information content (AvgIpc) is 2.96. The highest BCUT2D eigenvalue weighted by Crippen LogP contribution is 2.31. The van der Waals surface area contributed by atoms with E-state index in [0.29, 0.717) is 21.5 Å². The van der Waals surface area contributed by atoms with Crippen LogP contribution in [0.5, 0.6) is 11.5 Å². The molecule has 3 amide bonds. The Labute approximate surface area is 175 Å². The summed E-state index contributed by atoms with van der Waals surface area (Å²) in [5, 5.41) is 19.0. The Kier molecular flexibility index (Phi) is 5.02. The van der Waals surface area contributed by atoms with Gasteiger partial charge in [-0.15, -0.1) is 5.01 Å². The first-order chi connectivity index (χ1) is 14.8. The molecule has 3 aromatic carbocycles. The van der Waals surface area contributed by atoms with E-state index in [9.17, 15) is 23.5 Å². The van der Waals surface area contributed by atoms with E-state index >= 15 is 0 Å². The SMILES string of the molecule is CC1(c2ccc(OC(F)F)cc2)NC(=O)N(/N=C/c2c(O)ccc3ccccc23)C1=O. The number of hydrogen-bond donors (Lipinski definition) is 2. The Morgan fingerprint density at radius 3 is 2.52 bits per heavy atom. The van der Waals surface area contributed by atoms with Crippen molar-refractivity contribution in [3.63, 3.8) is 0 Å². The number of hydrazone groups is 1. The standard InChI is InChI=1S/C22H17F2N3O4/c1-22(14-7-9-15(10-8-14)31-20(23)24)19(29)27(21(30)26-22)25-12-17-16-5-3-2-4-13(16)6-11-18(17)28/h2-12,20,28H,1H3,(H,26,30)/b25-12+. The van der Waals surface area contributed by atoms with Crippen molar-refractivity contribution in [1.82, 2.24) is 10.3 Å². The molecule has 0 saturated carbocycles. The maximum atomic E-state index is 13.0. The lowest BCUT2D eigenvalue weighted by atomic mass is 9.92. The molecule has 1 fully saturated rings. The molecule has 0 aliphatic carbocycles. The van der Waals surface area contributed by atoms with Gasteiger partial charge >= 0.3 is 12.6 Å². The lowest BCUT2D eigenvalue weighted by Crippen LogP contribution is -2.40. The maximum absolute atomic E-state index is 13.0. The molecule has 158 valence electrons. The molecule has 0 spiro atoms. The van der Waals surface area contributed by atoms with Gasteiger partial charge in [0, 0.05) is 5.56 Å². The number of hydrogen-bond acceptors (Lipinski definition) is 5. The predicted molar refractivity (Wildman–Crippen MR) is 109 cm³/mol. The third-order valence-corrected chi connectivity index (χ3v) is 5.08. The number of nitrogens with one attached hydrogen (secondary N) is 1. The minimum Gasteiger partial charge on any atom is -0.507 e. The number of urea groups is 1. The van der Waals surface area contributed by atoms with Crippen LogP contribution in [0.15, 0.2) is 65.8 Å². The zero-order valence-corrected chi connectivity index (χ0v) is 16.3. The summed E-state index contributed by atoms with van der Waals surface area (Å²) in [6.07, 6.45) is 1.25. The number of carbonyl (C=O) groups is 2. The summed E-state index contributed by atoms with van der Waals surface area (Å²) in [5.74, 6) is -0.775. The van der Waals surface area contributed by atoms with Gasteiger partial charge in [-0.1, -0.05) is 42.5 Å². The fourth-order valence-corrected chi connectivity index (χ4v) is 3.43. The van der Waals surface area contributed by atoms with Crippen LogP contribution < -0.4 is 10.1 Å². The van der Waals surface area contributed by atoms with Crippen LogP contribution in [0.3, 0.4) is 0 Å². The molecular weight excluding hydrogens is 408 g/mol. The summed E-state index contributed by atoms with van der Waals surface area (Å²) in [5.41, 5.74) is -0.711. The van der Waals surface area contributed by atoms with E-state index in [1.165, 1.54) is 43.5 Å². The quantitative estimate of drug-likeness (QED) is 0.478. The van der Waals surface area contributed by atoms with Gasteiger partial charge in [0.25, 0.3) is 5.91 Å². The van der Waals surface area contributed by atoms with Gasteiger partial charge in [-0.25, -0.2) is 4.79 Å². The highest BCUT2D eigenvalue weighted by Gasteiger charge is 2.49. The number of fused-ring (bicyclic) bond motifs is 1. The van der Waals surface area contributed by atoms with Crippen molar-refractivity contribution in [1.29, 1.82) is 0 Å². The lowest BCUT2D eigenvalue weighted by Gasteiger charge is -2.21. The molecule has 1 unspecified atom stereocenters. The van der Waals surface area contributed by atoms with Gasteiger partial charge in [-0.3, -0.25) is 4.79 Å². The van der Waals surface area contributed by atoms with Gasteiger partial charge < -0.3 is 15.2 Å². The second-order valence-corrected chi connectivity index (χ2v) is 7.04. The van der Waals surface area contributed by atoms with Gasteiger partial charge in [0.1, 0.15) is 17.0 Å². The summed E-state index contributed by atoms with van der Waals surface area (Å²) < 4.78 is 29.0. The summed E-state index contributed by atoms with van der Waals surface area (Å²) in [4.78, 5) is 25.4. The number of rotatable bonds is 5. The van der Waals surface area contributed by atoms with Gasteiger partial charge in [0.05, 0.1) is 6.21 Å². The van der Waals surface area contributed by atoms with Gasteiger partial charge in [-0.2, -0.15) is 13.9 Å². The number of amides is 3. The summed E-state index contributed by atoms with van der Waals surface area (Å²) in [6.45, 7) is -1.48. The summed E-state index contributed by atoms with van der Waals surface area (Å²) in [6, 6.07) is 15.2. The number of ether oxygens (including phenoxy) is 1. The third-order valence-electron chi connectivity index (χ3n) is 5.08. The highest BCUT2D eigenvalue weighted by atomic mass is 19.3. The maximum Gasteiger partial charge on any atom is 0.387 e. The normalized spacial score (nSPS) is 18.9. The van der Waals surface area contributed by atoms with Crippen LogP contribution >= 0.6 is 0 Å². The Morgan fingerprint density at radius 1 is 1.10 bits per heavy atom. The molecule has 0 bridgehead atoms. The molecule has 9 heteroatoms. The number of nitrogens with zero attached hydrogens (tertiary/aromatic N) is 2. The monoisotopic (exact) mass is 425 g/mol. The number of alkyl halides is 2. The van der Waals surface area contributed by atoms with Crippen molar-refractivity contribution in [2.24, 2.45) is 5.10 Å². The number of benzene rings is 3. The molecular formula is C22H17F2N3O4. The van der Waals surface area contributed by atoms with Gasteiger partial charge in [0.15, 0.2) is 0 Å². The molecule has 0 aromatic heterocycles. The number of carbonyl (C=O) groups excluding carboxylic acids is 2. The van der Waals surface area contributed by atoms with Crippen molar-refractivity contribution in [2.45, 2.75) is 19.1 Å². The summed E-state index contributed by atoms with van der Waals surface area (Å²) >= 11 is 0. The van der Waals surface area contributed by atoms with E-state index in [1.807, 2.05) is 12.1 Å². The fourth-order valence-electron chi connectivity index (χ4n) is 3.43. The molecule has 2 N–H and O–H groups in total. The molecule has 1 saturated heterocycles. The Morgan fingerprint density at radius 2 is 1.81 bits per heavy atom. The summed E-state index contributed by atoms with van der Waals surface area (Å²) in [7, 11) is 0. The van der Waals surface area contributed by atoms with E-state index in [1.54, 1.807) is 18.2 Å². The van der Waals surface area contributed by atoms with Crippen molar-refractivity contribution in [2.75, 3.05) is 0 Å². The van der Waals surface area contributed by atoms with E-state index in [-0.39, 0.29) is 11.5 Å². The van der Waals surface area contributed by atoms with E-state index < -0.39 is 24.1 Å². The van der Waals surface area contributed by atoms with Gasteiger partial charge in [0.2, 0.25) is 0 Å². The highest BCUT2D eigenvalue weighted by molar-refractivity contribution is 6.08. The molecule has 7 nitrogen and oxygen atoms in total. The second-order valence-electron chi connectivity index (χ2n) is 7.04. The van der Waals surface area contributed by atoms with Crippen molar-refractivity contribution < 1.29 is 28.2 Å². The third kappa shape index (κ3) is 3.65. The fraction of sp³-hybridized carbons (Fsp3) is 0.136. The van der Waals surface area contributed by atoms with Crippen LogP contribution in [-0.2, 0) is 10.3 Å². The molecule has 3 aromatic rings. The van der Waals surface area contributed by atoms with Crippen LogP contribution in [0.4, 0.5) is 13.6 Å². The van der Waals surface area contributed by atoms with Gasteiger partial charge in [-0.05, 0) is 41.5 Å². The first kappa shape index (κ1) is 20.3. The van der Waals surface area contributed by atoms with Crippen molar-refractivity contribution in [3.8, 4) is 11.5 Å². The minimum absolute atomic E-state index is 0.0492. The van der Waals surface area contributed by atoms with E-state index in [2.05, 4.69) is 15.2 Å². The van der Waals surface area contributed by atoms with E-state index in [4.69, 9.17) is 0 Å². The van der Waals surface area contributed by atoms with Crippen LogP contribution in [-0.4, -0.2) is 34.9 Å². The number of aromatic hydroxyl groups is 1. The van der Waals surface area contributed by atoms with Crippen LogP contribution in [0.25, 0.3) is 10.8 Å². The molecule has 1 heterocycles. The molecule has 4 rings (SSSR count). The second kappa shape index (κ2) is 7.67. The molecule has 1 aliphatic rings. The van der Waals surface area contributed by atoms with Crippen molar-refractivity contribution >= 4 is 28.9 Å². The first-order valence-corrected chi connectivity index (χ1v) is 9.26. The lowest BCUT2D eigenvalue weighted by molar-refractivity contribution is -0.131. The average molecular weight is 425 g/mol. The molecule has 0 radical (unpaired) electrons. The molecule has 31 heavy (non-hydrogen) atoms. The number of phenols is 1. The number of imide groups is 1. The van der Waals surface area contributed by atoms with Crippen LogP contribution in [0, 0.1) is 0 Å². The molecule has 1 aliphatic heterocycles. The first-order valence-electron chi connectivity index (χ1n) is 9.26. The zero-order chi connectivity index (χ0) is 22.2. The number of phenolic OH excluding ortho intramolecular Hbond substituents is 1. The zero-order valence-electron chi connectivity index (χ0n) is 16.3. The largest absolute Gasteiger partial charge is 0.507 e. The smallest absolute Gasteiger partial charge is 0.387 e. The number of halogens is 2. The molecule has 1 atom stereocenters. The van der Waals surface area contributed by atoms with Crippen molar-refractivity contribution in [3.05, 3.63) is 71.8 Å². The minimum atomic E-state index is -2.97. The Bertz CT molecular complexity index is 1200. The Hall–Kier alpha value is -4.01. The topological polar surface area (TPSA) is 91.2 Å². The predicted octanol–water partition coefficient (Wildman–Crippen LogP) is 3.95. The van der Waals surface area contributed by atoms with Crippen LogP contribution in [0.1, 0.15) is 18.1 Å².